The quantitative estimate of drug-likeness (QED) is 0.301. The first kappa shape index (κ1) is 19.5. The van der Waals surface area contributed by atoms with E-state index < -0.39 is 24.0 Å². The molecule has 1 saturated heterocycles. The maximum Gasteiger partial charge on any atom is 0.167 e. The summed E-state index contributed by atoms with van der Waals surface area (Å²) in [5, 5.41) is 32.7. The first-order valence-electron chi connectivity index (χ1n) is 8.42. The summed E-state index contributed by atoms with van der Waals surface area (Å²) in [6.07, 6.45) is 1.54. The highest BCUT2D eigenvalue weighted by Crippen LogP contribution is 2.42. The minimum atomic E-state index is -1.15. The molecule has 4 N–H and O–H groups in total. The van der Waals surface area contributed by atoms with E-state index in [9.17, 15) is 10.2 Å². The van der Waals surface area contributed by atoms with Gasteiger partial charge in [-0.05, 0) is 13.8 Å². The Bertz CT molecular complexity index is 827. The van der Waals surface area contributed by atoms with E-state index in [1.807, 2.05) is 6.92 Å². The van der Waals surface area contributed by atoms with Gasteiger partial charge in [0.05, 0.1) is 24.8 Å². The van der Waals surface area contributed by atoms with Crippen LogP contribution < -0.4 is 5.48 Å². The third-order valence-corrected chi connectivity index (χ3v) is 4.75. The lowest BCUT2D eigenvalue weighted by atomic mass is 9.96. The molecule has 0 aromatic carbocycles. The van der Waals surface area contributed by atoms with Crippen molar-refractivity contribution in [3.05, 3.63) is 18.1 Å². The fourth-order valence-electron chi connectivity index (χ4n) is 3.27. The van der Waals surface area contributed by atoms with Crippen LogP contribution in [-0.2, 0) is 14.3 Å². The Hall–Kier alpha value is -2.31. The summed E-state index contributed by atoms with van der Waals surface area (Å²) in [5.74, 6) is 0.381. The smallest absolute Gasteiger partial charge is 0.167 e. The van der Waals surface area contributed by atoms with Gasteiger partial charge in [0, 0.05) is 18.9 Å². The van der Waals surface area contributed by atoms with Gasteiger partial charge in [-0.3, -0.25) is 4.84 Å². The Labute approximate surface area is 155 Å². The van der Waals surface area contributed by atoms with Gasteiger partial charge < -0.3 is 29.5 Å². The summed E-state index contributed by atoms with van der Waals surface area (Å²) in [4.78, 5) is 13.7. The first-order valence-corrected chi connectivity index (χ1v) is 8.42. The fraction of sp³-hybridized carbons (Fsp3) is 0.562. The molecule has 3 rings (SSSR count). The van der Waals surface area contributed by atoms with Crippen LogP contribution in [0.1, 0.15) is 25.6 Å². The molecule has 2 aromatic heterocycles. The maximum atomic E-state index is 10.5. The van der Waals surface area contributed by atoms with E-state index in [4.69, 9.17) is 19.5 Å². The predicted octanol–water partition coefficient (Wildman–Crippen LogP) is 0.258. The highest BCUT2D eigenvalue weighted by atomic mass is 16.6. The molecule has 2 aromatic rings. The van der Waals surface area contributed by atoms with Crippen molar-refractivity contribution >= 4 is 23.1 Å². The molecule has 4 atom stereocenters. The van der Waals surface area contributed by atoms with Crippen LogP contribution in [-0.4, -0.2) is 74.3 Å². The van der Waals surface area contributed by atoms with E-state index in [1.54, 1.807) is 17.7 Å². The molecule has 0 aliphatic carbocycles. The number of nitrogens with zero attached hydrogens (tertiary/aromatic N) is 4. The molecule has 148 valence electrons. The lowest BCUT2D eigenvalue weighted by Gasteiger charge is -2.31. The number of hydrogen-bond acceptors (Lipinski definition) is 10. The van der Waals surface area contributed by atoms with Crippen LogP contribution in [0.15, 0.2) is 17.7 Å². The summed E-state index contributed by atoms with van der Waals surface area (Å²) >= 11 is 0. The minimum absolute atomic E-state index is 0.368. The molecule has 0 spiro atoms. The van der Waals surface area contributed by atoms with E-state index >= 15 is 0 Å². The van der Waals surface area contributed by atoms with Crippen molar-refractivity contribution < 1.29 is 29.7 Å². The van der Waals surface area contributed by atoms with Crippen LogP contribution >= 0.6 is 0 Å². The monoisotopic (exact) mass is 381 g/mol. The second kappa shape index (κ2) is 7.74. The summed E-state index contributed by atoms with van der Waals surface area (Å²) in [6, 6.07) is 0. The van der Waals surface area contributed by atoms with E-state index in [1.165, 1.54) is 19.7 Å². The normalized spacial score (nSPS) is 28.4. The van der Waals surface area contributed by atoms with Crippen LogP contribution in [0.2, 0.25) is 0 Å². The van der Waals surface area contributed by atoms with Crippen LogP contribution in [0.5, 0.6) is 0 Å². The molecule has 27 heavy (non-hydrogen) atoms. The van der Waals surface area contributed by atoms with E-state index in [-0.39, 0.29) is 6.61 Å². The molecule has 11 nitrogen and oxygen atoms in total. The molecule has 0 bridgehead atoms. The van der Waals surface area contributed by atoms with Crippen molar-refractivity contribution in [1.29, 1.82) is 0 Å². The Morgan fingerprint density at radius 2 is 2.26 bits per heavy atom. The number of anilines is 1. The second-order valence-corrected chi connectivity index (χ2v) is 6.23. The SMILES string of the molecule is CCONc1ncnc2c1c(/C=N\O)cn2[C@@H]1OC(CO)C(O)[C@@]1(C)OC. The van der Waals surface area contributed by atoms with Gasteiger partial charge in [-0.1, -0.05) is 5.16 Å². The number of oxime groups is 1. The van der Waals surface area contributed by atoms with E-state index in [0.717, 1.165) is 0 Å². The third kappa shape index (κ3) is 3.13. The van der Waals surface area contributed by atoms with Gasteiger partial charge in [0.2, 0.25) is 0 Å². The molecule has 0 amide bonds. The molecular formula is C16H23N5O6. The fourth-order valence-corrected chi connectivity index (χ4v) is 3.27. The number of aromatic nitrogens is 3. The minimum Gasteiger partial charge on any atom is -0.411 e. The second-order valence-electron chi connectivity index (χ2n) is 6.23. The van der Waals surface area contributed by atoms with Crippen LogP contribution in [0.4, 0.5) is 5.82 Å². The number of fused-ring (bicyclic) bond motifs is 1. The lowest BCUT2D eigenvalue weighted by Crippen LogP contribution is -2.46. The molecule has 0 saturated carbocycles. The van der Waals surface area contributed by atoms with Gasteiger partial charge in [0.1, 0.15) is 29.8 Å². The van der Waals surface area contributed by atoms with Gasteiger partial charge in [-0.2, -0.15) is 0 Å². The maximum absolute atomic E-state index is 10.5. The van der Waals surface area contributed by atoms with Gasteiger partial charge in [0.25, 0.3) is 0 Å². The van der Waals surface area contributed by atoms with Crippen LogP contribution in [0.3, 0.4) is 0 Å². The zero-order valence-corrected chi connectivity index (χ0v) is 15.2. The molecular weight excluding hydrogens is 358 g/mol. The Morgan fingerprint density at radius 3 is 2.89 bits per heavy atom. The van der Waals surface area contributed by atoms with Crippen molar-refractivity contribution in [2.75, 3.05) is 25.8 Å². The van der Waals surface area contributed by atoms with E-state index in [0.29, 0.717) is 29.0 Å². The van der Waals surface area contributed by atoms with Gasteiger partial charge in [0.15, 0.2) is 12.0 Å². The average molecular weight is 381 g/mol. The molecule has 11 heteroatoms. The number of aliphatic hydroxyl groups excluding tert-OH is 2. The lowest BCUT2D eigenvalue weighted by molar-refractivity contribution is -0.118. The largest absolute Gasteiger partial charge is 0.411 e. The molecule has 1 fully saturated rings. The predicted molar refractivity (Wildman–Crippen MR) is 94.6 cm³/mol. The third-order valence-electron chi connectivity index (χ3n) is 4.75. The van der Waals surface area contributed by atoms with Gasteiger partial charge in [-0.25, -0.2) is 15.4 Å². The van der Waals surface area contributed by atoms with Crippen molar-refractivity contribution in [2.24, 2.45) is 5.16 Å². The number of rotatable bonds is 7. The molecule has 1 aliphatic rings. The molecule has 2 unspecified atom stereocenters. The summed E-state index contributed by atoms with van der Waals surface area (Å²) in [6.45, 7) is 3.55. The number of ether oxygens (including phenoxy) is 2. The summed E-state index contributed by atoms with van der Waals surface area (Å²) in [5.41, 5.74) is 2.53. The number of nitrogens with one attached hydrogen (secondary N) is 1. The van der Waals surface area contributed by atoms with Crippen LogP contribution in [0.25, 0.3) is 11.0 Å². The molecule has 3 heterocycles. The van der Waals surface area contributed by atoms with E-state index in [2.05, 4.69) is 20.6 Å². The summed E-state index contributed by atoms with van der Waals surface area (Å²) in [7, 11) is 1.46. The average Bonchev–Trinajstić information content (AvgIpc) is 3.17. The van der Waals surface area contributed by atoms with Crippen molar-refractivity contribution in [1.82, 2.24) is 14.5 Å². The molecule has 0 radical (unpaired) electrons. The highest BCUT2D eigenvalue weighted by molar-refractivity contribution is 6.03. The zero-order valence-electron chi connectivity index (χ0n) is 15.2. The number of aliphatic hydroxyl groups is 2. The number of methoxy groups -OCH3 is 1. The molecule has 1 aliphatic heterocycles. The summed E-state index contributed by atoms with van der Waals surface area (Å²) < 4.78 is 13.1. The Kier molecular flexibility index (Phi) is 5.58. The highest BCUT2D eigenvalue weighted by Gasteiger charge is 2.54. The van der Waals surface area contributed by atoms with Crippen molar-refractivity contribution in [3.63, 3.8) is 0 Å². The van der Waals surface area contributed by atoms with Gasteiger partial charge in [-0.15, -0.1) is 0 Å². The van der Waals surface area contributed by atoms with Crippen molar-refractivity contribution in [2.45, 2.75) is 37.9 Å². The van der Waals surface area contributed by atoms with Crippen LogP contribution in [0, 0.1) is 0 Å². The Morgan fingerprint density at radius 1 is 1.48 bits per heavy atom. The standard InChI is InChI=1S/C16H23N5O6/c1-4-26-20-13-11-9(5-19-24)6-21(14(11)18-8-17-13)15-16(2,25-3)12(23)10(7-22)27-15/h5-6,8,10,12,15,22-24H,4,7H2,1-3H3,(H,17,18,20)/b19-5-/t10?,12?,15-,16-/m1/s1. The Balaban J connectivity index is 2.17. The number of hydrogen-bond donors (Lipinski definition) is 4. The zero-order chi connectivity index (χ0) is 19.6. The van der Waals surface area contributed by atoms with Gasteiger partial charge >= 0.3 is 0 Å². The first-order chi connectivity index (χ1) is 13.0. The van der Waals surface area contributed by atoms with Crippen molar-refractivity contribution in [3.8, 4) is 0 Å². The topological polar surface area (TPSA) is 143 Å².